The van der Waals surface area contributed by atoms with Crippen LogP contribution < -0.4 is 0 Å². The molecule has 104 valence electrons. The van der Waals surface area contributed by atoms with Gasteiger partial charge in [0.2, 0.25) is 11.7 Å². The van der Waals surface area contributed by atoms with Gasteiger partial charge >= 0.3 is 5.97 Å². The predicted octanol–water partition coefficient (Wildman–Crippen LogP) is 3.24. The van der Waals surface area contributed by atoms with Crippen LogP contribution in [-0.4, -0.2) is 17.6 Å². The van der Waals surface area contributed by atoms with Gasteiger partial charge in [-0.1, -0.05) is 30.3 Å². The van der Waals surface area contributed by atoms with E-state index in [-0.39, 0.29) is 11.2 Å². The maximum absolute atomic E-state index is 11.8. The number of hydrogen-bond acceptors (Lipinski definition) is 4. The summed E-state index contributed by atoms with van der Waals surface area (Å²) in [6.45, 7) is 3.88. The van der Waals surface area contributed by atoms with Crippen molar-refractivity contribution in [2.45, 2.75) is 32.1 Å². The van der Waals surface area contributed by atoms with Gasteiger partial charge in [0.05, 0.1) is 17.7 Å². The molecule has 1 fully saturated rings. The Kier molecular flexibility index (Phi) is 3.08. The molecule has 1 aliphatic rings. The van der Waals surface area contributed by atoms with E-state index in [1.54, 1.807) is 13.8 Å². The summed E-state index contributed by atoms with van der Waals surface area (Å²) in [5.41, 5.74) is 1.63. The number of carbonyl (C=O) groups excluding carboxylic acids is 1. The summed E-state index contributed by atoms with van der Waals surface area (Å²) in [6, 6.07) is 10.2. The van der Waals surface area contributed by atoms with Crippen LogP contribution in [0.1, 0.15) is 47.5 Å². The van der Waals surface area contributed by atoms with Gasteiger partial charge in [-0.15, -0.1) is 0 Å². The van der Waals surface area contributed by atoms with Gasteiger partial charge in [-0.05, 0) is 32.3 Å². The van der Waals surface area contributed by atoms with Crippen LogP contribution in [-0.2, 0) is 10.2 Å². The van der Waals surface area contributed by atoms with Crippen LogP contribution in [0.3, 0.4) is 0 Å². The minimum atomic E-state index is -0.437. The molecule has 0 aliphatic heterocycles. The van der Waals surface area contributed by atoms with Crippen molar-refractivity contribution in [2.75, 3.05) is 6.61 Å². The van der Waals surface area contributed by atoms with Crippen LogP contribution in [0, 0.1) is 6.92 Å². The molecule has 1 heterocycles. The molecular formula is C16H17NO3. The van der Waals surface area contributed by atoms with E-state index in [2.05, 4.69) is 17.1 Å². The zero-order chi connectivity index (χ0) is 14.2. The van der Waals surface area contributed by atoms with Crippen LogP contribution in [0.5, 0.6) is 0 Å². The molecule has 0 atom stereocenters. The molecule has 0 N–H and O–H groups in total. The first-order valence-corrected chi connectivity index (χ1v) is 6.88. The highest BCUT2D eigenvalue weighted by atomic mass is 16.5. The SMILES string of the molecule is CCOC(=O)c1oc(C2(c3ccccc3)CC2)nc1C. The number of benzene rings is 1. The number of oxazole rings is 1. The molecular weight excluding hydrogens is 254 g/mol. The molecule has 0 spiro atoms. The molecule has 0 unspecified atom stereocenters. The molecule has 4 nitrogen and oxygen atoms in total. The number of esters is 1. The number of nitrogens with zero attached hydrogens (tertiary/aromatic N) is 1. The van der Waals surface area contributed by atoms with Crippen LogP contribution >= 0.6 is 0 Å². The van der Waals surface area contributed by atoms with Crippen LogP contribution in [0.4, 0.5) is 0 Å². The summed E-state index contributed by atoms with van der Waals surface area (Å²) in [4.78, 5) is 16.3. The highest BCUT2D eigenvalue weighted by Gasteiger charge is 2.50. The molecule has 20 heavy (non-hydrogen) atoms. The number of aromatic nitrogens is 1. The van der Waals surface area contributed by atoms with Gasteiger partial charge in [0.15, 0.2) is 0 Å². The Bertz CT molecular complexity index is 626. The minimum Gasteiger partial charge on any atom is -0.460 e. The van der Waals surface area contributed by atoms with Crippen molar-refractivity contribution in [3.8, 4) is 0 Å². The van der Waals surface area contributed by atoms with Crippen molar-refractivity contribution < 1.29 is 13.9 Å². The molecule has 3 rings (SSSR count). The lowest BCUT2D eigenvalue weighted by molar-refractivity contribution is 0.0486. The molecule has 1 aliphatic carbocycles. The van der Waals surface area contributed by atoms with Crippen molar-refractivity contribution in [3.05, 3.63) is 53.2 Å². The Labute approximate surface area is 117 Å². The van der Waals surface area contributed by atoms with Gasteiger partial charge in [-0.25, -0.2) is 9.78 Å². The van der Waals surface area contributed by atoms with E-state index < -0.39 is 5.97 Å². The number of hydrogen-bond donors (Lipinski definition) is 0. The quantitative estimate of drug-likeness (QED) is 0.801. The highest BCUT2D eigenvalue weighted by Crippen LogP contribution is 2.53. The molecule has 0 bridgehead atoms. The van der Waals surface area contributed by atoms with Crippen LogP contribution in [0.25, 0.3) is 0 Å². The minimum absolute atomic E-state index is 0.156. The van der Waals surface area contributed by atoms with Gasteiger partial charge in [-0.3, -0.25) is 0 Å². The summed E-state index contributed by atoms with van der Waals surface area (Å²) in [5.74, 6) is 0.418. The summed E-state index contributed by atoms with van der Waals surface area (Å²) < 4.78 is 10.7. The summed E-state index contributed by atoms with van der Waals surface area (Å²) in [7, 11) is 0. The average molecular weight is 271 g/mol. The third-order valence-electron chi connectivity index (χ3n) is 3.74. The van der Waals surface area contributed by atoms with Crippen LogP contribution in [0.2, 0.25) is 0 Å². The smallest absolute Gasteiger partial charge is 0.376 e. The van der Waals surface area contributed by atoms with E-state index in [9.17, 15) is 4.79 Å². The topological polar surface area (TPSA) is 52.3 Å². The third-order valence-corrected chi connectivity index (χ3v) is 3.74. The Hall–Kier alpha value is -2.10. The van der Waals surface area contributed by atoms with Gasteiger partial charge in [0.25, 0.3) is 0 Å². The van der Waals surface area contributed by atoms with Gasteiger partial charge in [-0.2, -0.15) is 0 Å². The van der Waals surface area contributed by atoms with Gasteiger partial charge in [0, 0.05) is 0 Å². The number of aryl methyl sites for hydroxylation is 1. The number of ether oxygens (including phenoxy) is 1. The van der Waals surface area contributed by atoms with E-state index in [1.807, 2.05) is 18.2 Å². The second-order valence-corrected chi connectivity index (χ2v) is 5.10. The Morgan fingerprint density at radius 3 is 2.65 bits per heavy atom. The van der Waals surface area contributed by atoms with Crippen molar-refractivity contribution in [1.29, 1.82) is 0 Å². The van der Waals surface area contributed by atoms with Gasteiger partial charge < -0.3 is 9.15 Å². The van der Waals surface area contributed by atoms with Crippen molar-refractivity contribution in [3.63, 3.8) is 0 Å². The predicted molar refractivity (Wildman–Crippen MR) is 73.7 cm³/mol. The van der Waals surface area contributed by atoms with Gasteiger partial charge in [0.1, 0.15) is 0 Å². The molecule has 0 radical (unpaired) electrons. The summed E-state index contributed by atoms with van der Waals surface area (Å²) in [6.07, 6.45) is 2.00. The third kappa shape index (κ3) is 2.01. The van der Waals surface area contributed by atoms with E-state index in [0.717, 1.165) is 12.8 Å². The molecule has 1 saturated carbocycles. The van der Waals surface area contributed by atoms with Crippen molar-refractivity contribution >= 4 is 5.97 Å². The first kappa shape index (κ1) is 12.9. The maximum Gasteiger partial charge on any atom is 0.376 e. The maximum atomic E-state index is 11.8. The first-order valence-electron chi connectivity index (χ1n) is 6.88. The summed E-state index contributed by atoms with van der Waals surface area (Å²) >= 11 is 0. The lowest BCUT2D eigenvalue weighted by atomic mass is 9.96. The largest absolute Gasteiger partial charge is 0.460 e. The molecule has 0 saturated heterocycles. The zero-order valence-electron chi connectivity index (χ0n) is 11.7. The average Bonchev–Trinajstić information content (AvgIpc) is 3.18. The fourth-order valence-corrected chi connectivity index (χ4v) is 2.50. The Morgan fingerprint density at radius 2 is 2.05 bits per heavy atom. The number of carbonyl (C=O) groups is 1. The lowest BCUT2D eigenvalue weighted by Crippen LogP contribution is -2.09. The zero-order valence-corrected chi connectivity index (χ0v) is 11.7. The van der Waals surface area contributed by atoms with E-state index in [4.69, 9.17) is 9.15 Å². The first-order chi connectivity index (χ1) is 9.67. The monoisotopic (exact) mass is 271 g/mol. The van der Waals surface area contributed by atoms with E-state index >= 15 is 0 Å². The Balaban J connectivity index is 1.96. The van der Waals surface area contributed by atoms with Crippen molar-refractivity contribution in [1.82, 2.24) is 4.98 Å². The van der Waals surface area contributed by atoms with E-state index in [0.29, 0.717) is 18.2 Å². The lowest BCUT2D eigenvalue weighted by Gasteiger charge is -2.10. The normalized spacial score (nSPS) is 15.9. The Morgan fingerprint density at radius 1 is 1.35 bits per heavy atom. The molecule has 1 aromatic carbocycles. The molecule has 0 amide bonds. The standard InChI is InChI=1S/C16H17NO3/c1-3-19-14(18)13-11(2)17-15(20-13)16(9-10-16)12-7-5-4-6-8-12/h4-8H,3,9-10H2,1-2H3. The fourth-order valence-electron chi connectivity index (χ4n) is 2.50. The van der Waals surface area contributed by atoms with E-state index in [1.165, 1.54) is 5.56 Å². The molecule has 1 aromatic heterocycles. The number of rotatable bonds is 4. The van der Waals surface area contributed by atoms with Crippen molar-refractivity contribution in [2.24, 2.45) is 0 Å². The summed E-state index contributed by atoms with van der Waals surface area (Å²) in [5, 5.41) is 0. The highest BCUT2D eigenvalue weighted by molar-refractivity contribution is 5.87. The van der Waals surface area contributed by atoms with Crippen LogP contribution in [0.15, 0.2) is 34.7 Å². The second kappa shape index (κ2) is 4.78. The molecule has 4 heteroatoms. The fraction of sp³-hybridized carbons (Fsp3) is 0.375. The molecule has 2 aromatic rings. The second-order valence-electron chi connectivity index (χ2n) is 5.10.